The Morgan fingerprint density at radius 3 is 2.89 bits per heavy atom. The number of alkyl halides is 1. The second-order valence-electron chi connectivity index (χ2n) is 4.34. The fraction of sp³-hybridized carbons (Fsp3) is 0.267. The molecule has 2 aromatic rings. The Kier molecular flexibility index (Phi) is 4.59. The van der Waals surface area contributed by atoms with E-state index in [0.29, 0.717) is 5.88 Å². The first-order valence-corrected chi connectivity index (χ1v) is 6.66. The Morgan fingerprint density at radius 2 is 2.11 bits per heavy atom. The molecule has 1 N–H and O–H groups in total. The molecule has 0 saturated heterocycles. The average Bonchev–Trinajstić information content (AvgIpc) is 2.37. The Balaban J connectivity index is 2.09. The summed E-state index contributed by atoms with van der Waals surface area (Å²) in [7, 11) is 0. The first-order chi connectivity index (χ1) is 8.78. The van der Waals surface area contributed by atoms with Gasteiger partial charge in [-0.25, -0.2) is 4.98 Å². The molecule has 3 heteroatoms. The van der Waals surface area contributed by atoms with E-state index in [9.17, 15) is 0 Å². The van der Waals surface area contributed by atoms with Crippen LogP contribution in [-0.2, 0) is 6.42 Å². The summed E-state index contributed by atoms with van der Waals surface area (Å²) in [5.41, 5.74) is 3.57. The molecule has 0 spiro atoms. The summed E-state index contributed by atoms with van der Waals surface area (Å²) >= 11 is 5.71. The molecule has 1 aromatic carbocycles. The molecule has 0 bridgehead atoms. The number of hydrogen-bond donors (Lipinski definition) is 1. The van der Waals surface area contributed by atoms with Gasteiger partial charge in [-0.1, -0.05) is 12.1 Å². The van der Waals surface area contributed by atoms with Gasteiger partial charge in [0.25, 0.3) is 0 Å². The van der Waals surface area contributed by atoms with E-state index in [-0.39, 0.29) is 0 Å². The number of aromatic nitrogens is 1. The van der Waals surface area contributed by atoms with Crippen molar-refractivity contribution in [3.05, 3.63) is 53.7 Å². The van der Waals surface area contributed by atoms with E-state index < -0.39 is 0 Å². The van der Waals surface area contributed by atoms with Gasteiger partial charge in [-0.3, -0.25) is 0 Å². The maximum absolute atomic E-state index is 5.71. The highest BCUT2D eigenvalue weighted by molar-refractivity contribution is 6.17. The van der Waals surface area contributed by atoms with Crippen LogP contribution in [0.1, 0.15) is 17.5 Å². The number of anilines is 2. The first-order valence-electron chi connectivity index (χ1n) is 6.12. The summed E-state index contributed by atoms with van der Waals surface area (Å²) in [6, 6.07) is 12.4. The molecule has 0 saturated carbocycles. The second kappa shape index (κ2) is 6.41. The van der Waals surface area contributed by atoms with Crippen LogP contribution in [0.25, 0.3) is 0 Å². The molecule has 0 aliphatic heterocycles. The van der Waals surface area contributed by atoms with Gasteiger partial charge in [0.1, 0.15) is 5.82 Å². The van der Waals surface area contributed by atoms with Crippen molar-refractivity contribution in [1.29, 1.82) is 0 Å². The van der Waals surface area contributed by atoms with Crippen LogP contribution < -0.4 is 5.32 Å². The summed E-state index contributed by atoms with van der Waals surface area (Å²) in [6.45, 7) is 2.06. The zero-order valence-corrected chi connectivity index (χ0v) is 11.2. The minimum absolute atomic E-state index is 0.705. The van der Waals surface area contributed by atoms with Gasteiger partial charge in [-0.2, -0.15) is 0 Å². The molecule has 18 heavy (non-hydrogen) atoms. The van der Waals surface area contributed by atoms with Crippen molar-refractivity contribution < 1.29 is 0 Å². The maximum Gasteiger partial charge on any atom is 0.130 e. The van der Waals surface area contributed by atoms with Crippen molar-refractivity contribution in [2.24, 2.45) is 0 Å². The van der Waals surface area contributed by atoms with Gasteiger partial charge in [0, 0.05) is 17.8 Å². The molecule has 1 heterocycles. The van der Waals surface area contributed by atoms with Gasteiger partial charge in [-0.05, 0) is 55.2 Å². The SMILES string of the molecule is Cc1ccnc(Nc2cccc(CCCCl)c2)c1. The standard InChI is InChI=1S/C15H17ClN2/c1-12-7-9-17-15(10-12)18-14-6-2-4-13(11-14)5-3-8-16/h2,4,6-7,9-11H,3,5,8H2,1H3,(H,17,18). The topological polar surface area (TPSA) is 24.9 Å². The second-order valence-corrected chi connectivity index (χ2v) is 4.71. The number of benzene rings is 1. The Morgan fingerprint density at radius 1 is 1.22 bits per heavy atom. The van der Waals surface area contributed by atoms with Crippen LogP contribution in [0.2, 0.25) is 0 Å². The third-order valence-electron chi connectivity index (χ3n) is 2.71. The van der Waals surface area contributed by atoms with Crippen LogP contribution >= 0.6 is 11.6 Å². The van der Waals surface area contributed by atoms with E-state index in [1.165, 1.54) is 11.1 Å². The number of rotatable bonds is 5. The van der Waals surface area contributed by atoms with Gasteiger partial charge in [0.05, 0.1) is 0 Å². The fourth-order valence-corrected chi connectivity index (χ4v) is 1.96. The zero-order chi connectivity index (χ0) is 12.8. The molecule has 0 radical (unpaired) electrons. The van der Waals surface area contributed by atoms with Gasteiger partial charge in [0.15, 0.2) is 0 Å². The monoisotopic (exact) mass is 260 g/mol. The maximum atomic E-state index is 5.71. The lowest BCUT2D eigenvalue weighted by atomic mass is 10.1. The summed E-state index contributed by atoms with van der Waals surface area (Å²) < 4.78 is 0. The molecule has 0 amide bonds. The summed E-state index contributed by atoms with van der Waals surface area (Å²) in [4.78, 5) is 4.29. The molecule has 2 nitrogen and oxygen atoms in total. The van der Waals surface area contributed by atoms with Gasteiger partial charge in [0.2, 0.25) is 0 Å². The number of halogens is 1. The van der Waals surface area contributed by atoms with Crippen LogP contribution in [0, 0.1) is 6.92 Å². The zero-order valence-electron chi connectivity index (χ0n) is 10.5. The van der Waals surface area contributed by atoms with E-state index in [2.05, 4.69) is 35.4 Å². The van der Waals surface area contributed by atoms with E-state index in [0.717, 1.165) is 24.3 Å². The Bertz CT molecular complexity index is 511. The average molecular weight is 261 g/mol. The number of aryl methyl sites for hydroxylation is 2. The molecule has 1 aromatic heterocycles. The van der Waals surface area contributed by atoms with Crippen LogP contribution in [0.4, 0.5) is 11.5 Å². The lowest BCUT2D eigenvalue weighted by Crippen LogP contribution is -1.95. The largest absolute Gasteiger partial charge is 0.340 e. The quantitative estimate of drug-likeness (QED) is 0.811. The van der Waals surface area contributed by atoms with E-state index >= 15 is 0 Å². The molecular formula is C15H17ClN2. The van der Waals surface area contributed by atoms with Crippen molar-refractivity contribution >= 4 is 23.1 Å². The fourth-order valence-electron chi connectivity index (χ4n) is 1.83. The van der Waals surface area contributed by atoms with Crippen LogP contribution in [0.3, 0.4) is 0 Å². The summed E-state index contributed by atoms with van der Waals surface area (Å²) in [6.07, 6.45) is 3.84. The molecule has 0 atom stereocenters. The normalized spacial score (nSPS) is 10.3. The number of nitrogens with one attached hydrogen (secondary N) is 1. The third-order valence-corrected chi connectivity index (χ3v) is 2.98. The van der Waals surface area contributed by atoms with Crippen molar-refractivity contribution in [1.82, 2.24) is 4.98 Å². The number of hydrogen-bond acceptors (Lipinski definition) is 2. The highest BCUT2D eigenvalue weighted by Gasteiger charge is 1.98. The Hall–Kier alpha value is -1.54. The third kappa shape index (κ3) is 3.74. The van der Waals surface area contributed by atoms with E-state index in [1.807, 2.05) is 24.4 Å². The highest BCUT2D eigenvalue weighted by atomic mass is 35.5. The Labute approximate surface area is 113 Å². The minimum Gasteiger partial charge on any atom is -0.340 e. The number of nitrogens with zero attached hydrogens (tertiary/aromatic N) is 1. The van der Waals surface area contributed by atoms with Gasteiger partial charge >= 0.3 is 0 Å². The van der Waals surface area contributed by atoms with Crippen molar-refractivity contribution in [2.75, 3.05) is 11.2 Å². The first kappa shape index (κ1) is 12.9. The minimum atomic E-state index is 0.705. The summed E-state index contributed by atoms with van der Waals surface area (Å²) in [5, 5.41) is 3.32. The summed E-state index contributed by atoms with van der Waals surface area (Å²) in [5.74, 6) is 1.58. The predicted molar refractivity (Wildman–Crippen MR) is 77.7 cm³/mol. The smallest absolute Gasteiger partial charge is 0.130 e. The molecule has 0 unspecified atom stereocenters. The van der Waals surface area contributed by atoms with E-state index in [1.54, 1.807) is 0 Å². The van der Waals surface area contributed by atoms with Crippen molar-refractivity contribution in [2.45, 2.75) is 19.8 Å². The van der Waals surface area contributed by atoms with Crippen LogP contribution in [-0.4, -0.2) is 10.9 Å². The lowest BCUT2D eigenvalue weighted by molar-refractivity contribution is 0.929. The molecule has 94 valence electrons. The molecular weight excluding hydrogens is 244 g/mol. The highest BCUT2D eigenvalue weighted by Crippen LogP contribution is 2.17. The van der Waals surface area contributed by atoms with Crippen molar-refractivity contribution in [3.8, 4) is 0 Å². The van der Waals surface area contributed by atoms with Crippen LogP contribution in [0.5, 0.6) is 0 Å². The van der Waals surface area contributed by atoms with Crippen molar-refractivity contribution in [3.63, 3.8) is 0 Å². The number of pyridine rings is 1. The molecule has 0 fully saturated rings. The molecule has 0 aliphatic rings. The van der Waals surface area contributed by atoms with Gasteiger partial charge in [-0.15, -0.1) is 11.6 Å². The predicted octanol–water partition coefficient (Wildman–Crippen LogP) is 4.31. The van der Waals surface area contributed by atoms with Gasteiger partial charge < -0.3 is 5.32 Å². The molecule has 0 aliphatic carbocycles. The lowest BCUT2D eigenvalue weighted by Gasteiger charge is -2.08. The molecule has 2 rings (SSSR count). The van der Waals surface area contributed by atoms with Crippen LogP contribution in [0.15, 0.2) is 42.6 Å². The van der Waals surface area contributed by atoms with E-state index in [4.69, 9.17) is 11.6 Å².